The monoisotopic (exact) mass is 338 g/mol. The molecule has 1 amide bonds. The Bertz CT molecular complexity index is 623. The van der Waals surface area contributed by atoms with Crippen LogP contribution in [0.25, 0.3) is 0 Å². The van der Waals surface area contributed by atoms with E-state index in [4.69, 9.17) is 17.3 Å². The van der Waals surface area contributed by atoms with Gasteiger partial charge in [0.25, 0.3) is 5.91 Å². The molecule has 0 aliphatic carbocycles. The van der Waals surface area contributed by atoms with Crippen LogP contribution < -0.4 is 11.1 Å². The third-order valence-corrected chi connectivity index (χ3v) is 3.45. The summed E-state index contributed by atoms with van der Waals surface area (Å²) in [6.07, 6.45) is 0. The van der Waals surface area contributed by atoms with E-state index in [1.807, 2.05) is 25.1 Å². The van der Waals surface area contributed by atoms with Crippen molar-refractivity contribution in [1.29, 1.82) is 0 Å². The number of carbonyl (C=O) groups is 1. The molecule has 0 bridgehead atoms. The summed E-state index contributed by atoms with van der Waals surface area (Å²) >= 11 is 9.41. The molecule has 0 unspecified atom stereocenters. The molecule has 98 valence electrons. The van der Waals surface area contributed by atoms with Gasteiger partial charge in [0, 0.05) is 10.2 Å². The minimum absolute atomic E-state index is 0.270. The lowest BCUT2D eigenvalue weighted by atomic mass is 10.1. The number of nitrogens with two attached hydrogens (primary N) is 1. The molecule has 0 aliphatic heterocycles. The minimum atomic E-state index is -0.283. The number of halogens is 2. The number of nitrogen functional groups attached to an aromatic ring is 1. The van der Waals surface area contributed by atoms with Crippen molar-refractivity contribution in [2.75, 3.05) is 11.1 Å². The van der Waals surface area contributed by atoms with Gasteiger partial charge in [-0.15, -0.1) is 0 Å². The van der Waals surface area contributed by atoms with Crippen LogP contribution in [0.15, 0.2) is 40.9 Å². The molecule has 19 heavy (non-hydrogen) atoms. The number of hydrogen-bond donors (Lipinski definition) is 2. The summed E-state index contributed by atoms with van der Waals surface area (Å²) in [6, 6.07) is 10.7. The maximum absolute atomic E-state index is 12.1. The molecule has 0 atom stereocenters. The fourth-order valence-electron chi connectivity index (χ4n) is 1.73. The van der Waals surface area contributed by atoms with Crippen molar-refractivity contribution in [2.45, 2.75) is 6.92 Å². The first-order chi connectivity index (χ1) is 8.97. The van der Waals surface area contributed by atoms with Crippen LogP contribution in [-0.4, -0.2) is 5.91 Å². The predicted octanol–water partition coefficient (Wildman–Crippen LogP) is 4.25. The molecule has 0 aliphatic rings. The highest BCUT2D eigenvalue weighted by atomic mass is 79.9. The highest BCUT2D eigenvalue weighted by Gasteiger charge is 2.12. The van der Waals surface area contributed by atoms with Crippen LogP contribution >= 0.6 is 27.5 Å². The fraction of sp³-hybridized carbons (Fsp3) is 0.0714. The number of amides is 1. The van der Waals surface area contributed by atoms with E-state index in [-0.39, 0.29) is 10.9 Å². The number of rotatable bonds is 2. The van der Waals surface area contributed by atoms with Crippen LogP contribution in [-0.2, 0) is 0 Å². The maximum atomic E-state index is 12.1. The summed E-state index contributed by atoms with van der Waals surface area (Å²) in [6.45, 7) is 1.95. The third-order valence-electron chi connectivity index (χ3n) is 2.57. The number of nitrogens with one attached hydrogen (secondary N) is 1. The Kier molecular flexibility index (Phi) is 4.12. The first-order valence-corrected chi connectivity index (χ1v) is 6.77. The number of aryl methyl sites for hydroxylation is 1. The van der Waals surface area contributed by atoms with Gasteiger partial charge < -0.3 is 11.1 Å². The Balaban J connectivity index is 2.28. The molecule has 2 aromatic rings. The SMILES string of the molecule is Cc1cc(Br)cc(NC(=O)c2cccc(N)c2Cl)c1. The van der Waals surface area contributed by atoms with Gasteiger partial charge in [-0.3, -0.25) is 4.79 Å². The number of hydrogen-bond acceptors (Lipinski definition) is 2. The molecular formula is C14H12BrClN2O. The molecule has 0 radical (unpaired) electrons. The van der Waals surface area contributed by atoms with Crippen LogP contribution in [0.1, 0.15) is 15.9 Å². The molecule has 3 nitrogen and oxygen atoms in total. The van der Waals surface area contributed by atoms with E-state index < -0.39 is 0 Å². The summed E-state index contributed by atoms with van der Waals surface area (Å²) in [5.74, 6) is -0.283. The normalized spacial score (nSPS) is 10.3. The summed E-state index contributed by atoms with van der Waals surface area (Å²) in [5, 5.41) is 3.07. The molecule has 0 aromatic heterocycles. The van der Waals surface area contributed by atoms with Crippen LogP contribution in [0.2, 0.25) is 5.02 Å². The molecule has 0 saturated carbocycles. The number of benzene rings is 2. The highest BCUT2D eigenvalue weighted by molar-refractivity contribution is 9.10. The second-order valence-electron chi connectivity index (χ2n) is 4.18. The Morgan fingerprint density at radius 3 is 2.74 bits per heavy atom. The maximum Gasteiger partial charge on any atom is 0.257 e. The zero-order chi connectivity index (χ0) is 14.0. The van der Waals surface area contributed by atoms with E-state index in [1.54, 1.807) is 18.2 Å². The topological polar surface area (TPSA) is 55.1 Å². The lowest BCUT2D eigenvalue weighted by Gasteiger charge is -2.09. The third kappa shape index (κ3) is 3.28. The van der Waals surface area contributed by atoms with Crippen molar-refractivity contribution in [3.05, 3.63) is 57.0 Å². The highest BCUT2D eigenvalue weighted by Crippen LogP contribution is 2.25. The molecule has 5 heteroatoms. The Morgan fingerprint density at radius 2 is 2.05 bits per heavy atom. The van der Waals surface area contributed by atoms with Gasteiger partial charge in [-0.2, -0.15) is 0 Å². The van der Waals surface area contributed by atoms with Crippen LogP contribution in [0.4, 0.5) is 11.4 Å². The second-order valence-corrected chi connectivity index (χ2v) is 5.47. The lowest BCUT2D eigenvalue weighted by molar-refractivity contribution is 0.102. The standard InChI is InChI=1S/C14H12BrClN2O/c1-8-5-9(15)7-10(6-8)18-14(19)11-3-2-4-12(17)13(11)16/h2-7H,17H2,1H3,(H,18,19). The Hall–Kier alpha value is -1.52. The molecule has 0 heterocycles. The van der Waals surface area contributed by atoms with Gasteiger partial charge in [0.2, 0.25) is 0 Å². The van der Waals surface area contributed by atoms with Crippen molar-refractivity contribution in [2.24, 2.45) is 0 Å². The molecular weight excluding hydrogens is 328 g/mol. The summed E-state index contributed by atoms with van der Waals surface area (Å²) in [5.41, 5.74) is 8.18. The van der Waals surface area contributed by atoms with Crippen molar-refractivity contribution in [3.63, 3.8) is 0 Å². The second kappa shape index (κ2) is 5.63. The van der Waals surface area contributed by atoms with Crippen molar-refractivity contribution >= 4 is 44.8 Å². The van der Waals surface area contributed by atoms with E-state index in [0.29, 0.717) is 16.9 Å². The van der Waals surface area contributed by atoms with E-state index in [2.05, 4.69) is 21.2 Å². The van der Waals surface area contributed by atoms with Crippen molar-refractivity contribution < 1.29 is 4.79 Å². The first-order valence-electron chi connectivity index (χ1n) is 5.60. The van der Waals surface area contributed by atoms with Gasteiger partial charge in [-0.1, -0.05) is 33.6 Å². The fourth-order valence-corrected chi connectivity index (χ4v) is 2.55. The predicted molar refractivity (Wildman–Crippen MR) is 82.7 cm³/mol. The van der Waals surface area contributed by atoms with E-state index >= 15 is 0 Å². The van der Waals surface area contributed by atoms with Crippen molar-refractivity contribution in [1.82, 2.24) is 0 Å². The van der Waals surface area contributed by atoms with E-state index in [1.165, 1.54) is 0 Å². The van der Waals surface area contributed by atoms with E-state index in [9.17, 15) is 4.79 Å². The molecule has 2 aromatic carbocycles. The molecule has 3 N–H and O–H groups in total. The lowest BCUT2D eigenvalue weighted by Crippen LogP contribution is -2.13. The number of carbonyl (C=O) groups excluding carboxylic acids is 1. The molecule has 2 rings (SSSR count). The molecule has 0 spiro atoms. The summed E-state index contributed by atoms with van der Waals surface area (Å²) in [7, 11) is 0. The van der Waals surface area contributed by atoms with Crippen LogP contribution in [0.5, 0.6) is 0 Å². The van der Waals surface area contributed by atoms with Crippen LogP contribution in [0.3, 0.4) is 0 Å². The van der Waals surface area contributed by atoms with Gasteiger partial charge in [0.05, 0.1) is 16.3 Å². The summed E-state index contributed by atoms with van der Waals surface area (Å²) in [4.78, 5) is 12.1. The zero-order valence-corrected chi connectivity index (χ0v) is 12.5. The minimum Gasteiger partial charge on any atom is -0.398 e. The smallest absolute Gasteiger partial charge is 0.257 e. The van der Waals surface area contributed by atoms with Gasteiger partial charge in [-0.05, 0) is 42.8 Å². The number of anilines is 2. The van der Waals surface area contributed by atoms with Crippen LogP contribution in [0, 0.1) is 6.92 Å². The Morgan fingerprint density at radius 1 is 1.32 bits per heavy atom. The molecule has 0 fully saturated rings. The van der Waals surface area contributed by atoms with Gasteiger partial charge >= 0.3 is 0 Å². The first kappa shape index (κ1) is 13.9. The van der Waals surface area contributed by atoms with Gasteiger partial charge in [-0.25, -0.2) is 0 Å². The van der Waals surface area contributed by atoms with Crippen molar-refractivity contribution in [3.8, 4) is 0 Å². The zero-order valence-electron chi connectivity index (χ0n) is 10.2. The average molecular weight is 340 g/mol. The average Bonchev–Trinajstić information content (AvgIpc) is 2.31. The van der Waals surface area contributed by atoms with E-state index in [0.717, 1.165) is 10.0 Å². The quantitative estimate of drug-likeness (QED) is 0.804. The molecule has 0 saturated heterocycles. The van der Waals surface area contributed by atoms with Gasteiger partial charge in [0.1, 0.15) is 0 Å². The largest absolute Gasteiger partial charge is 0.398 e. The Labute approximate surface area is 124 Å². The summed E-state index contributed by atoms with van der Waals surface area (Å²) < 4.78 is 0.904. The van der Waals surface area contributed by atoms with Gasteiger partial charge in [0.15, 0.2) is 0 Å².